The molecule has 110 valence electrons. The number of rotatable bonds is 5. The van der Waals surface area contributed by atoms with Gasteiger partial charge in [0.25, 0.3) is 0 Å². The van der Waals surface area contributed by atoms with Gasteiger partial charge in [0.2, 0.25) is 5.91 Å². The van der Waals surface area contributed by atoms with Gasteiger partial charge in [0.05, 0.1) is 31.8 Å². The summed E-state index contributed by atoms with van der Waals surface area (Å²) in [4.78, 5) is 12.1. The monoisotopic (exact) mass is 279 g/mol. The van der Waals surface area contributed by atoms with Gasteiger partial charge in [-0.3, -0.25) is 4.79 Å². The summed E-state index contributed by atoms with van der Waals surface area (Å²) >= 11 is 0. The number of ether oxygens (including phenoxy) is 2. The fourth-order valence-corrected chi connectivity index (χ4v) is 2.32. The summed E-state index contributed by atoms with van der Waals surface area (Å²) in [5, 5.41) is 12.2. The lowest BCUT2D eigenvalue weighted by Crippen LogP contribution is -2.23. The fraction of sp³-hybridized carbons (Fsp3) is 0.533. The molecule has 1 aliphatic rings. The van der Waals surface area contributed by atoms with Crippen LogP contribution < -0.4 is 10.1 Å². The third-order valence-electron chi connectivity index (χ3n) is 3.37. The predicted molar refractivity (Wildman–Crippen MR) is 75.7 cm³/mol. The fourth-order valence-electron chi connectivity index (χ4n) is 2.32. The molecule has 0 spiro atoms. The van der Waals surface area contributed by atoms with E-state index in [-0.39, 0.29) is 24.5 Å². The number of hydrogen-bond donors (Lipinski definition) is 2. The molecule has 1 heterocycles. The molecule has 0 aliphatic carbocycles. The molecular formula is C15H21NO4. The number of carbonyl (C=O) groups excluding carboxylic acids is 1. The van der Waals surface area contributed by atoms with Crippen LogP contribution in [-0.4, -0.2) is 30.3 Å². The van der Waals surface area contributed by atoms with E-state index in [1.54, 1.807) is 18.2 Å². The molecule has 0 radical (unpaired) electrons. The normalized spacial score (nSPS) is 21.8. The van der Waals surface area contributed by atoms with Crippen molar-refractivity contribution < 1.29 is 19.4 Å². The summed E-state index contributed by atoms with van der Waals surface area (Å²) in [6, 6.07) is 5.28. The lowest BCUT2D eigenvalue weighted by atomic mass is 10.1. The van der Waals surface area contributed by atoms with E-state index in [2.05, 4.69) is 5.32 Å². The van der Waals surface area contributed by atoms with E-state index >= 15 is 0 Å². The topological polar surface area (TPSA) is 67.8 Å². The lowest BCUT2D eigenvalue weighted by molar-refractivity contribution is -0.119. The lowest BCUT2D eigenvalue weighted by Gasteiger charge is -2.13. The molecular weight excluding hydrogens is 258 g/mol. The minimum absolute atomic E-state index is 0.0394. The number of amides is 1. The zero-order chi connectivity index (χ0) is 14.5. The van der Waals surface area contributed by atoms with Crippen LogP contribution in [-0.2, 0) is 16.1 Å². The maximum atomic E-state index is 12.1. The highest BCUT2D eigenvalue weighted by Crippen LogP contribution is 2.25. The Bertz CT molecular complexity index is 475. The first-order valence-electron chi connectivity index (χ1n) is 6.93. The molecule has 1 saturated heterocycles. The number of aliphatic hydroxyl groups excluding tert-OH is 1. The summed E-state index contributed by atoms with van der Waals surface area (Å²) in [6.07, 6.45) is 0.884. The minimum atomic E-state index is -0.122. The molecule has 20 heavy (non-hydrogen) atoms. The molecule has 1 aromatic carbocycles. The van der Waals surface area contributed by atoms with Gasteiger partial charge >= 0.3 is 0 Å². The molecule has 0 aromatic heterocycles. The molecule has 2 rings (SSSR count). The first-order chi connectivity index (χ1) is 9.63. The molecule has 0 bridgehead atoms. The quantitative estimate of drug-likeness (QED) is 0.864. The standard InChI is InChI=1S/C15H21NO4/c1-3-19-14-5-4-13(7-11(14)8-17)16-15(18)12-6-10(2)20-9-12/h4-5,7,10,12,17H,3,6,8-9H2,1-2H3,(H,16,18). The van der Waals surface area contributed by atoms with Crippen LogP contribution in [0, 0.1) is 5.92 Å². The Hall–Kier alpha value is -1.59. The van der Waals surface area contributed by atoms with Crippen molar-refractivity contribution in [1.82, 2.24) is 0 Å². The Morgan fingerprint density at radius 2 is 2.35 bits per heavy atom. The van der Waals surface area contributed by atoms with Gasteiger partial charge in [0, 0.05) is 11.3 Å². The summed E-state index contributed by atoms with van der Waals surface area (Å²) in [5.74, 6) is 0.502. The van der Waals surface area contributed by atoms with E-state index in [1.165, 1.54) is 0 Å². The molecule has 0 saturated carbocycles. The van der Waals surface area contributed by atoms with Crippen molar-refractivity contribution in [2.75, 3.05) is 18.5 Å². The molecule has 1 aromatic rings. The van der Waals surface area contributed by atoms with Gasteiger partial charge in [-0.15, -0.1) is 0 Å². The van der Waals surface area contributed by atoms with Gasteiger partial charge in [-0.2, -0.15) is 0 Å². The Morgan fingerprint density at radius 1 is 1.55 bits per heavy atom. The van der Waals surface area contributed by atoms with Crippen LogP contribution in [0.5, 0.6) is 5.75 Å². The first-order valence-corrected chi connectivity index (χ1v) is 6.93. The van der Waals surface area contributed by atoms with E-state index in [0.29, 0.717) is 30.2 Å². The number of aliphatic hydroxyl groups is 1. The van der Waals surface area contributed by atoms with Gasteiger partial charge < -0.3 is 19.9 Å². The highest BCUT2D eigenvalue weighted by molar-refractivity contribution is 5.93. The Labute approximate surface area is 118 Å². The van der Waals surface area contributed by atoms with Crippen molar-refractivity contribution in [3.8, 4) is 5.75 Å². The van der Waals surface area contributed by atoms with E-state index in [1.807, 2.05) is 13.8 Å². The zero-order valence-electron chi connectivity index (χ0n) is 11.9. The maximum absolute atomic E-state index is 12.1. The third-order valence-corrected chi connectivity index (χ3v) is 3.37. The van der Waals surface area contributed by atoms with Crippen LogP contribution in [0.4, 0.5) is 5.69 Å². The minimum Gasteiger partial charge on any atom is -0.494 e. The molecule has 5 heteroatoms. The highest BCUT2D eigenvalue weighted by atomic mass is 16.5. The average molecular weight is 279 g/mol. The largest absolute Gasteiger partial charge is 0.494 e. The smallest absolute Gasteiger partial charge is 0.229 e. The number of benzene rings is 1. The molecule has 1 aliphatic heterocycles. The van der Waals surface area contributed by atoms with Gasteiger partial charge in [-0.05, 0) is 38.5 Å². The summed E-state index contributed by atoms with van der Waals surface area (Å²) < 4.78 is 10.8. The van der Waals surface area contributed by atoms with E-state index < -0.39 is 0 Å². The molecule has 5 nitrogen and oxygen atoms in total. The summed E-state index contributed by atoms with van der Waals surface area (Å²) in [6.45, 7) is 4.74. The SMILES string of the molecule is CCOc1ccc(NC(=O)C2COC(C)C2)cc1CO. The number of nitrogens with one attached hydrogen (secondary N) is 1. The van der Waals surface area contributed by atoms with Gasteiger partial charge in [-0.25, -0.2) is 0 Å². The molecule has 2 unspecified atom stereocenters. The van der Waals surface area contributed by atoms with Crippen LogP contribution in [0.15, 0.2) is 18.2 Å². The van der Waals surface area contributed by atoms with E-state index in [9.17, 15) is 9.90 Å². The summed E-state index contributed by atoms with van der Waals surface area (Å²) in [7, 11) is 0. The van der Waals surface area contributed by atoms with Crippen molar-refractivity contribution in [2.45, 2.75) is 33.0 Å². The van der Waals surface area contributed by atoms with Gasteiger partial charge in [-0.1, -0.05) is 0 Å². The van der Waals surface area contributed by atoms with Gasteiger partial charge in [0.1, 0.15) is 5.75 Å². The zero-order valence-corrected chi connectivity index (χ0v) is 11.9. The molecule has 1 amide bonds. The van der Waals surface area contributed by atoms with Crippen molar-refractivity contribution >= 4 is 11.6 Å². The van der Waals surface area contributed by atoms with Crippen molar-refractivity contribution in [3.05, 3.63) is 23.8 Å². The molecule has 2 N–H and O–H groups in total. The average Bonchev–Trinajstić information content (AvgIpc) is 2.87. The molecule has 2 atom stereocenters. The maximum Gasteiger partial charge on any atom is 0.229 e. The first kappa shape index (κ1) is 14.8. The van der Waals surface area contributed by atoms with E-state index in [4.69, 9.17) is 9.47 Å². The summed E-state index contributed by atoms with van der Waals surface area (Å²) in [5.41, 5.74) is 1.34. The van der Waals surface area contributed by atoms with Crippen molar-refractivity contribution in [3.63, 3.8) is 0 Å². The van der Waals surface area contributed by atoms with Crippen molar-refractivity contribution in [1.29, 1.82) is 0 Å². The van der Waals surface area contributed by atoms with E-state index in [0.717, 1.165) is 6.42 Å². The second-order valence-electron chi connectivity index (χ2n) is 4.98. The number of carbonyl (C=O) groups is 1. The third kappa shape index (κ3) is 3.49. The highest BCUT2D eigenvalue weighted by Gasteiger charge is 2.28. The molecule has 1 fully saturated rings. The predicted octanol–water partition coefficient (Wildman–Crippen LogP) is 1.94. The van der Waals surface area contributed by atoms with Crippen molar-refractivity contribution in [2.24, 2.45) is 5.92 Å². The van der Waals surface area contributed by atoms with Crippen LogP contribution in [0.25, 0.3) is 0 Å². The van der Waals surface area contributed by atoms with Crippen LogP contribution in [0.1, 0.15) is 25.8 Å². The van der Waals surface area contributed by atoms with Crippen LogP contribution in [0.3, 0.4) is 0 Å². The second-order valence-corrected chi connectivity index (χ2v) is 4.98. The Kier molecular flexibility index (Phi) is 4.98. The second kappa shape index (κ2) is 6.72. The Morgan fingerprint density at radius 3 is 2.95 bits per heavy atom. The van der Waals surface area contributed by atoms with Crippen LogP contribution in [0.2, 0.25) is 0 Å². The number of anilines is 1. The Balaban J connectivity index is 2.04. The van der Waals surface area contributed by atoms with Gasteiger partial charge in [0.15, 0.2) is 0 Å². The number of hydrogen-bond acceptors (Lipinski definition) is 4. The van der Waals surface area contributed by atoms with Crippen LogP contribution >= 0.6 is 0 Å².